The van der Waals surface area contributed by atoms with Crippen LogP contribution >= 0.6 is 11.6 Å². The summed E-state index contributed by atoms with van der Waals surface area (Å²) in [6, 6.07) is 3.62. The monoisotopic (exact) mass is 325 g/mol. The van der Waals surface area contributed by atoms with Crippen LogP contribution in [0.2, 0.25) is 5.02 Å². The van der Waals surface area contributed by atoms with Gasteiger partial charge in [0.05, 0.1) is 4.90 Å². The van der Waals surface area contributed by atoms with Gasteiger partial charge in [0.25, 0.3) is 0 Å². The van der Waals surface area contributed by atoms with Gasteiger partial charge in [0.2, 0.25) is 10.1 Å². The summed E-state index contributed by atoms with van der Waals surface area (Å²) in [5.41, 5.74) is -5.81. The topological polar surface area (TPSA) is 63.6 Å². The Hall–Kier alpha value is -0.870. The van der Waals surface area contributed by atoms with Crippen molar-refractivity contribution in [1.82, 2.24) is 0 Å². The summed E-state index contributed by atoms with van der Waals surface area (Å²) in [6.07, 6.45) is 0. The van der Waals surface area contributed by atoms with Crippen LogP contribution in [0, 0.1) is 0 Å². The molecule has 0 bridgehead atoms. The molecule has 0 aromatic heterocycles. The Morgan fingerprint density at radius 1 is 1.06 bits per heavy atom. The summed E-state index contributed by atoms with van der Waals surface area (Å²) in [7, 11) is -11.4. The second-order valence-electron chi connectivity index (χ2n) is 2.91. The van der Waals surface area contributed by atoms with Crippen LogP contribution in [0.15, 0.2) is 32.9 Å². The molecule has 0 aliphatic carbocycles. The van der Waals surface area contributed by atoms with Crippen LogP contribution in [0.3, 0.4) is 0 Å². The Kier molecular flexibility index (Phi) is 3.94. The van der Waals surface area contributed by atoms with Crippen LogP contribution < -0.4 is 0 Å². The van der Waals surface area contributed by atoms with Gasteiger partial charge in [0.1, 0.15) is 0 Å². The molecular formula is C7H4ClF4NO3S2. The van der Waals surface area contributed by atoms with Gasteiger partial charge >= 0.3 is 15.5 Å². The first kappa shape index (κ1) is 15.2. The van der Waals surface area contributed by atoms with E-state index in [1.807, 2.05) is 0 Å². The van der Waals surface area contributed by atoms with Crippen molar-refractivity contribution in [1.29, 1.82) is 0 Å². The molecule has 102 valence electrons. The highest BCUT2D eigenvalue weighted by Gasteiger charge is 2.47. The van der Waals surface area contributed by atoms with Crippen molar-refractivity contribution in [3.63, 3.8) is 0 Å². The van der Waals surface area contributed by atoms with Crippen LogP contribution in [0.4, 0.5) is 17.1 Å². The summed E-state index contributed by atoms with van der Waals surface area (Å²) in [5, 5.41) is 0.104. The van der Waals surface area contributed by atoms with Gasteiger partial charge in [-0.15, -0.1) is 3.89 Å². The summed E-state index contributed by atoms with van der Waals surface area (Å²) < 4.78 is 83.4. The average molecular weight is 326 g/mol. The molecule has 1 rings (SSSR count). The summed E-state index contributed by atoms with van der Waals surface area (Å²) >= 11 is 5.42. The van der Waals surface area contributed by atoms with Gasteiger partial charge < -0.3 is 0 Å². The molecule has 0 aliphatic rings. The average Bonchev–Trinajstić information content (AvgIpc) is 2.14. The molecule has 1 atom stereocenters. The highest BCUT2D eigenvalue weighted by atomic mass is 35.5. The fourth-order valence-corrected chi connectivity index (χ4v) is 3.10. The lowest BCUT2D eigenvalue weighted by Crippen LogP contribution is -2.21. The molecule has 1 aromatic carbocycles. The van der Waals surface area contributed by atoms with Gasteiger partial charge in [-0.2, -0.15) is 21.6 Å². The number of benzene rings is 1. The van der Waals surface area contributed by atoms with E-state index in [-0.39, 0.29) is 5.02 Å². The number of nitrogens with zero attached hydrogens (tertiary/aromatic N) is 1. The maximum Gasteiger partial charge on any atom is 0.519 e. The molecule has 0 saturated heterocycles. The predicted octanol–water partition coefficient (Wildman–Crippen LogP) is 2.90. The van der Waals surface area contributed by atoms with E-state index in [9.17, 15) is 29.7 Å². The van der Waals surface area contributed by atoms with E-state index in [2.05, 4.69) is 0 Å². The van der Waals surface area contributed by atoms with Crippen molar-refractivity contribution in [2.45, 2.75) is 10.4 Å². The molecule has 0 amide bonds. The van der Waals surface area contributed by atoms with Crippen LogP contribution in [-0.4, -0.2) is 18.1 Å². The smallest absolute Gasteiger partial charge is 0.210 e. The molecule has 0 saturated carbocycles. The lowest BCUT2D eigenvalue weighted by molar-refractivity contribution is -0.0434. The summed E-state index contributed by atoms with van der Waals surface area (Å²) in [5.74, 6) is 0. The first-order valence-corrected chi connectivity index (χ1v) is 7.24. The normalized spacial score (nSPS) is 16.1. The molecule has 11 heteroatoms. The number of hydrogen-bond acceptors (Lipinski definition) is 3. The van der Waals surface area contributed by atoms with Gasteiger partial charge in [-0.3, -0.25) is 0 Å². The third-order valence-electron chi connectivity index (χ3n) is 1.59. The Morgan fingerprint density at radius 2 is 1.50 bits per heavy atom. The minimum absolute atomic E-state index is 0.104. The lowest BCUT2D eigenvalue weighted by Gasteiger charge is -2.04. The number of halogens is 5. The standard InChI is InChI=1S/C7H4ClF4NO3S2/c8-5-1-3-6(4-2-5)17(12,14)13-18(15,16)7(9,10)11/h1-4H. The molecule has 0 spiro atoms. The Bertz CT molecular complexity index is 659. The predicted molar refractivity (Wildman–Crippen MR) is 56.4 cm³/mol. The van der Waals surface area contributed by atoms with Gasteiger partial charge in [-0.05, 0) is 24.3 Å². The largest absolute Gasteiger partial charge is 0.519 e. The van der Waals surface area contributed by atoms with E-state index in [4.69, 9.17) is 11.6 Å². The second kappa shape index (κ2) is 4.67. The molecule has 1 aromatic rings. The molecule has 4 nitrogen and oxygen atoms in total. The van der Waals surface area contributed by atoms with Crippen molar-refractivity contribution in [2.75, 3.05) is 0 Å². The highest BCUT2D eigenvalue weighted by Crippen LogP contribution is 2.28. The molecule has 0 N–H and O–H groups in total. The maximum atomic E-state index is 13.4. The fourth-order valence-electron chi connectivity index (χ4n) is 0.814. The number of alkyl halides is 3. The first-order chi connectivity index (χ1) is 7.96. The van der Waals surface area contributed by atoms with Gasteiger partial charge in [-0.25, -0.2) is 4.21 Å². The first-order valence-electron chi connectivity index (χ1n) is 4.00. The van der Waals surface area contributed by atoms with E-state index < -0.39 is 30.5 Å². The van der Waals surface area contributed by atoms with Gasteiger partial charge in [-0.1, -0.05) is 15.4 Å². The van der Waals surface area contributed by atoms with Crippen LogP contribution in [0.25, 0.3) is 0 Å². The zero-order chi connectivity index (χ0) is 14.2. The fraction of sp³-hybridized carbons (Fsp3) is 0.143. The zero-order valence-electron chi connectivity index (χ0n) is 8.19. The van der Waals surface area contributed by atoms with Crippen molar-refractivity contribution in [3.8, 4) is 0 Å². The number of sulfonamides is 1. The van der Waals surface area contributed by atoms with E-state index in [0.29, 0.717) is 0 Å². The molecule has 0 heterocycles. The molecular weight excluding hydrogens is 322 g/mol. The van der Waals surface area contributed by atoms with Crippen LogP contribution in [0.1, 0.15) is 0 Å². The van der Waals surface area contributed by atoms with Crippen LogP contribution in [-0.2, 0) is 20.1 Å². The van der Waals surface area contributed by atoms with E-state index in [0.717, 1.165) is 24.3 Å². The van der Waals surface area contributed by atoms with E-state index in [1.165, 1.54) is 0 Å². The van der Waals surface area contributed by atoms with Crippen molar-refractivity contribution < 1.29 is 29.7 Å². The van der Waals surface area contributed by atoms with Gasteiger partial charge in [0, 0.05) is 5.02 Å². The minimum Gasteiger partial charge on any atom is -0.210 e. The van der Waals surface area contributed by atoms with Crippen LogP contribution in [0.5, 0.6) is 0 Å². The van der Waals surface area contributed by atoms with E-state index in [1.54, 1.807) is 3.77 Å². The highest BCUT2D eigenvalue weighted by molar-refractivity contribution is 8.01. The second-order valence-corrected chi connectivity index (χ2v) is 6.74. The van der Waals surface area contributed by atoms with Gasteiger partial charge in [0.15, 0.2) is 0 Å². The molecule has 1 unspecified atom stereocenters. The van der Waals surface area contributed by atoms with E-state index >= 15 is 0 Å². The molecule has 0 radical (unpaired) electrons. The minimum atomic E-state index is -6.17. The van der Waals surface area contributed by atoms with Crippen molar-refractivity contribution in [3.05, 3.63) is 29.3 Å². The SMILES string of the molecule is O=S(=O)(N=S(=O)(F)c1ccc(Cl)cc1)C(F)(F)F. The Labute approximate surface area is 105 Å². The molecule has 0 fully saturated rings. The van der Waals surface area contributed by atoms with Crippen molar-refractivity contribution >= 4 is 31.7 Å². The number of hydrogen-bond donors (Lipinski definition) is 0. The zero-order valence-corrected chi connectivity index (χ0v) is 10.6. The third-order valence-corrected chi connectivity index (χ3v) is 4.83. The Morgan fingerprint density at radius 3 is 1.89 bits per heavy atom. The molecule has 0 aliphatic heterocycles. The lowest BCUT2D eigenvalue weighted by atomic mass is 10.4. The molecule has 18 heavy (non-hydrogen) atoms. The summed E-state index contributed by atoms with van der Waals surface area (Å²) in [6.45, 7) is 0. The summed E-state index contributed by atoms with van der Waals surface area (Å²) in [4.78, 5) is -0.820. The number of rotatable bonds is 2. The maximum absolute atomic E-state index is 13.4. The van der Waals surface area contributed by atoms with Crippen molar-refractivity contribution in [2.24, 2.45) is 3.77 Å². The quantitative estimate of drug-likeness (QED) is 0.620. The third kappa shape index (κ3) is 3.33. The Balaban J connectivity index is 3.40.